The number of nitro groups is 1. The zero-order chi connectivity index (χ0) is 13.1. The van der Waals surface area contributed by atoms with Crippen molar-refractivity contribution >= 4 is 11.6 Å². The van der Waals surface area contributed by atoms with Crippen molar-refractivity contribution in [2.75, 3.05) is 5.32 Å². The van der Waals surface area contributed by atoms with Gasteiger partial charge in [0, 0.05) is 7.05 Å². The van der Waals surface area contributed by atoms with E-state index in [0.29, 0.717) is 12.4 Å². The fourth-order valence-electron chi connectivity index (χ4n) is 1.62. The van der Waals surface area contributed by atoms with E-state index in [1.54, 1.807) is 11.6 Å². The van der Waals surface area contributed by atoms with E-state index in [9.17, 15) is 10.1 Å². The maximum Gasteiger partial charge on any atom is 0.406 e. The lowest BCUT2D eigenvalue weighted by atomic mass is 10.3. The van der Waals surface area contributed by atoms with Crippen LogP contribution < -0.4 is 5.32 Å². The molecule has 0 fully saturated rings. The van der Waals surface area contributed by atoms with Gasteiger partial charge in [0.2, 0.25) is 12.1 Å². The molecule has 2 heterocycles. The zero-order valence-electron chi connectivity index (χ0n) is 10.2. The van der Waals surface area contributed by atoms with E-state index in [4.69, 9.17) is 0 Å². The summed E-state index contributed by atoms with van der Waals surface area (Å²) in [6.07, 6.45) is 2.26. The summed E-state index contributed by atoms with van der Waals surface area (Å²) >= 11 is 0. The summed E-state index contributed by atoms with van der Waals surface area (Å²) < 4.78 is 1.58. The van der Waals surface area contributed by atoms with Gasteiger partial charge in [-0.25, -0.2) is 0 Å². The molecule has 8 heteroatoms. The molecule has 0 aliphatic carbocycles. The molecule has 0 saturated heterocycles. The lowest BCUT2D eigenvalue weighted by Gasteiger charge is -2.04. The highest BCUT2D eigenvalue weighted by Gasteiger charge is 2.19. The van der Waals surface area contributed by atoms with Crippen LogP contribution >= 0.6 is 0 Å². The Morgan fingerprint density at radius 1 is 1.61 bits per heavy atom. The van der Waals surface area contributed by atoms with Gasteiger partial charge in [0.1, 0.15) is 0 Å². The minimum absolute atomic E-state index is 0.173. The lowest BCUT2D eigenvalue weighted by Crippen LogP contribution is -2.06. The maximum atomic E-state index is 10.8. The Balaban J connectivity index is 2.10. The Kier molecular flexibility index (Phi) is 3.26. The fraction of sp³-hybridized carbons (Fsp3) is 0.400. The molecule has 96 valence electrons. The molecular weight excluding hydrogens is 236 g/mol. The van der Waals surface area contributed by atoms with Gasteiger partial charge in [-0.05, 0) is 22.4 Å². The van der Waals surface area contributed by atoms with Gasteiger partial charge in [-0.3, -0.25) is 9.67 Å². The molecule has 2 rings (SSSR count). The first-order chi connectivity index (χ1) is 8.61. The fourth-order valence-corrected chi connectivity index (χ4v) is 1.62. The van der Waals surface area contributed by atoms with Crippen molar-refractivity contribution in [3.8, 4) is 0 Å². The highest BCUT2D eigenvalue weighted by atomic mass is 16.6. The average Bonchev–Trinajstić information content (AvgIpc) is 2.93. The maximum absolute atomic E-state index is 10.8. The molecule has 0 atom stereocenters. The standard InChI is InChI=1S/C10H14N6O2/c1-3-7-4-8(14-13-7)5-11-9-10(16(17)18)12-6-15(9)2/h4,6,11H,3,5H2,1-2H3,(H,13,14). The van der Waals surface area contributed by atoms with E-state index in [1.807, 2.05) is 13.0 Å². The first kappa shape index (κ1) is 12.1. The molecule has 0 aliphatic rings. The molecule has 2 aromatic rings. The SMILES string of the molecule is CCc1cc(CNc2c([N+](=O)[O-])ncn2C)[nH]n1. The highest BCUT2D eigenvalue weighted by Crippen LogP contribution is 2.21. The Morgan fingerprint density at radius 2 is 2.39 bits per heavy atom. The topological polar surface area (TPSA) is 102 Å². The largest absolute Gasteiger partial charge is 0.406 e. The molecular formula is C10H14N6O2. The van der Waals surface area contributed by atoms with Crippen molar-refractivity contribution in [1.29, 1.82) is 0 Å². The van der Waals surface area contributed by atoms with Gasteiger partial charge in [0.05, 0.1) is 17.9 Å². The molecule has 0 aromatic carbocycles. The molecule has 2 aromatic heterocycles. The van der Waals surface area contributed by atoms with Crippen LogP contribution in [0.5, 0.6) is 0 Å². The normalized spacial score (nSPS) is 10.6. The van der Waals surface area contributed by atoms with Gasteiger partial charge in [-0.1, -0.05) is 6.92 Å². The van der Waals surface area contributed by atoms with Gasteiger partial charge >= 0.3 is 5.82 Å². The Morgan fingerprint density at radius 3 is 3.00 bits per heavy atom. The van der Waals surface area contributed by atoms with Crippen LogP contribution in [0.2, 0.25) is 0 Å². The van der Waals surface area contributed by atoms with Gasteiger partial charge in [0.25, 0.3) is 0 Å². The number of imidazole rings is 1. The molecule has 8 nitrogen and oxygen atoms in total. The van der Waals surface area contributed by atoms with E-state index in [2.05, 4.69) is 20.5 Å². The molecule has 0 aliphatic heterocycles. The minimum atomic E-state index is -0.507. The smallest absolute Gasteiger partial charge is 0.359 e. The third-order valence-corrected chi connectivity index (χ3v) is 2.58. The summed E-state index contributed by atoms with van der Waals surface area (Å²) in [5.41, 5.74) is 1.84. The first-order valence-electron chi connectivity index (χ1n) is 5.54. The van der Waals surface area contributed by atoms with Crippen LogP contribution in [0.3, 0.4) is 0 Å². The number of anilines is 1. The molecule has 0 bridgehead atoms. The number of hydrogen-bond acceptors (Lipinski definition) is 5. The highest BCUT2D eigenvalue weighted by molar-refractivity contribution is 5.52. The van der Waals surface area contributed by atoms with Crippen LogP contribution in [0.1, 0.15) is 18.3 Å². The van der Waals surface area contributed by atoms with Crippen LogP contribution in [0.25, 0.3) is 0 Å². The number of aryl methyl sites for hydroxylation is 2. The van der Waals surface area contributed by atoms with Crippen LogP contribution in [0.15, 0.2) is 12.4 Å². The van der Waals surface area contributed by atoms with Crippen molar-refractivity contribution in [3.63, 3.8) is 0 Å². The van der Waals surface area contributed by atoms with Crippen molar-refractivity contribution in [3.05, 3.63) is 33.9 Å². The number of nitrogens with one attached hydrogen (secondary N) is 2. The molecule has 0 unspecified atom stereocenters. The summed E-state index contributed by atoms with van der Waals surface area (Å²) in [5.74, 6) is 0.209. The lowest BCUT2D eigenvalue weighted by molar-refractivity contribution is -0.388. The summed E-state index contributed by atoms with van der Waals surface area (Å²) in [4.78, 5) is 14.0. The van der Waals surface area contributed by atoms with E-state index in [1.165, 1.54) is 6.33 Å². The molecule has 0 amide bonds. The zero-order valence-corrected chi connectivity index (χ0v) is 10.2. The van der Waals surface area contributed by atoms with Crippen molar-refractivity contribution in [2.24, 2.45) is 7.05 Å². The van der Waals surface area contributed by atoms with E-state index >= 15 is 0 Å². The van der Waals surface area contributed by atoms with Crippen LogP contribution in [0.4, 0.5) is 11.6 Å². The number of aromatic nitrogens is 4. The number of rotatable bonds is 5. The number of nitrogens with zero attached hydrogens (tertiary/aromatic N) is 4. The predicted octanol–water partition coefficient (Wildman–Crippen LogP) is 1.23. The Labute approximate surface area is 103 Å². The van der Waals surface area contributed by atoms with Crippen LogP contribution in [0, 0.1) is 10.1 Å². The second kappa shape index (κ2) is 4.86. The summed E-state index contributed by atoms with van der Waals surface area (Å²) in [6.45, 7) is 2.45. The van der Waals surface area contributed by atoms with Crippen molar-refractivity contribution < 1.29 is 4.92 Å². The molecule has 2 N–H and O–H groups in total. The van der Waals surface area contributed by atoms with E-state index < -0.39 is 4.92 Å². The van der Waals surface area contributed by atoms with Crippen molar-refractivity contribution in [1.82, 2.24) is 19.7 Å². The number of H-pyrrole nitrogens is 1. The second-order valence-electron chi connectivity index (χ2n) is 3.88. The monoisotopic (exact) mass is 250 g/mol. The number of hydrogen-bond donors (Lipinski definition) is 2. The first-order valence-corrected chi connectivity index (χ1v) is 5.54. The van der Waals surface area contributed by atoms with Gasteiger partial charge in [0.15, 0.2) is 0 Å². The number of aromatic amines is 1. The summed E-state index contributed by atoms with van der Waals surface area (Å²) in [7, 11) is 1.70. The van der Waals surface area contributed by atoms with Gasteiger partial charge < -0.3 is 15.4 Å². The third kappa shape index (κ3) is 2.31. The second-order valence-corrected chi connectivity index (χ2v) is 3.88. The van der Waals surface area contributed by atoms with Gasteiger partial charge in [-0.15, -0.1) is 0 Å². The molecule has 0 spiro atoms. The predicted molar refractivity (Wildman–Crippen MR) is 65.2 cm³/mol. The summed E-state index contributed by atoms with van der Waals surface area (Å²) in [5, 5.41) is 20.7. The average molecular weight is 250 g/mol. The third-order valence-electron chi connectivity index (χ3n) is 2.58. The van der Waals surface area contributed by atoms with Crippen molar-refractivity contribution in [2.45, 2.75) is 19.9 Å². The van der Waals surface area contributed by atoms with E-state index in [0.717, 1.165) is 17.8 Å². The molecule has 0 saturated carbocycles. The minimum Gasteiger partial charge on any atom is -0.359 e. The van der Waals surface area contributed by atoms with Crippen LogP contribution in [-0.2, 0) is 20.0 Å². The van der Waals surface area contributed by atoms with E-state index in [-0.39, 0.29) is 5.82 Å². The molecule has 18 heavy (non-hydrogen) atoms. The Bertz CT molecular complexity index is 558. The summed E-state index contributed by atoms with van der Waals surface area (Å²) in [6, 6.07) is 1.93. The van der Waals surface area contributed by atoms with Gasteiger partial charge in [-0.2, -0.15) is 5.10 Å². The quantitative estimate of drug-likeness (QED) is 0.613. The Hall–Kier alpha value is -2.38. The molecule has 0 radical (unpaired) electrons. The van der Waals surface area contributed by atoms with Crippen LogP contribution in [-0.4, -0.2) is 24.7 Å².